The van der Waals surface area contributed by atoms with Crippen molar-refractivity contribution >= 4 is 29.5 Å². The van der Waals surface area contributed by atoms with Crippen LogP contribution in [0.1, 0.15) is 39.1 Å². The number of anilines is 1. The summed E-state index contributed by atoms with van der Waals surface area (Å²) in [6, 6.07) is 12.0. The molecule has 7 nitrogen and oxygen atoms in total. The van der Waals surface area contributed by atoms with Crippen molar-refractivity contribution in [2.24, 2.45) is 0 Å². The van der Waals surface area contributed by atoms with Crippen LogP contribution < -0.4 is 10.1 Å². The van der Waals surface area contributed by atoms with E-state index in [1.165, 1.54) is 11.0 Å². The fourth-order valence-corrected chi connectivity index (χ4v) is 3.60. The monoisotopic (exact) mass is 406 g/mol. The van der Waals surface area contributed by atoms with Gasteiger partial charge in [-0.05, 0) is 54.8 Å². The average molecular weight is 406 g/mol. The third-order valence-corrected chi connectivity index (χ3v) is 5.19. The van der Waals surface area contributed by atoms with E-state index in [1.807, 2.05) is 24.3 Å². The minimum Gasteiger partial charge on any atom is -0.497 e. The fraction of sp³-hybridized carbons (Fsp3) is 0.261. The quantitative estimate of drug-likeness (QED) is 0.589. The van der Waals surface area contributed by atoms with Crippen molar-refractivity contribution in [2.75, 3.05) is 25.6 Å². The molecule has 0 aromatic heterocycles. The molecule has 3 amide bonds. The molecule has 0 bridgehead atoms. The van der Waals surface area contributed by atoms with Crippen LogP contribution in [0.4, 0.5) is 5.69 Å². The van der Waals surface area contributed by atoms with Crippen LogP contribution in [0.2, 0.25) is 0 Å². The van der Waals surface area contributed by atoms with Crippen molar-refractivity contribution < 1.29 is 23.9 Å². The van der Waals surface area contributed by atoms with Crippen molar-refractivity contribution in [1.82, 2.24) is 4.90 Å². The summed E-state index contributed by atoms with van der Waals surface area (Å²) in [5, 5.41) is 2.73. The minimum absolute atomic E-state index is 0.102. The molecule has 1 N–H and O–H groups in total. The summed E-state index contributed by atoms with van der Waals surface area (Å²) in [6.07, 6.45) is 4.77. The Morgan fingerprint density at radius 2 is 1.93 bits per heavy atom. The standard InChI is InChI=1S/C23H22N2O5/c1-29-17-8-4-15(5-9-17)6-11-21(26)24-16-7-10-19-20(13-16)23(28)25(22(19)27)14-18-3-2-12-30-18/h4-11,13,18H,2-3,12,14H2,1H3,(H,24,26)/b11-6+. The zero-order valence-corrected chi connectivity index (χ0v) is 16.6. The highest BCUT2D eigenvalue weighted by molar-refractivity contribution is 6.22. The second kappa shape index (κ2) is 8.51. The molecule has 2 aromatic rings. The van der Waals surface area contributed by atoms with Crippen LogP contribution in [0.5, 0.6) is 5.75 Å². The van der Waals surface area contributed by atoms with E-state index in [4.69, 9.17) is 9.47 Å². The number of fused-ring (bicyclic) bond motifs is 1. The molecule has 0 radical (unpaired) electrons. The van der Waals surface area contributed by atoms with Gasteiger partial charge in [0.25, 0.3) is 11.8 Å². The molecule has 2 heterocycles. The number of rotatable bonds is 6. The lowest BCUT2D eigenvalue weighted by atomic mass is 10.1. The number of carbonyl (C=O) groups excluding carboxylic acids is 3. The van der Waals surface area contributed by atoms with Gasteiger partial charge >= 0.3 is 0 Å². The second-order valence-corrected chi connectivity index (χ2v) is 7.21. The van der Waals surface area contributed by atoms with E-state index in [1.54, 1.807) is 31.4 Å². The Labute approximate surface area is 174 Å². The van der Waals surface area contributed by atoms with E-state index < -0.39 is 0 Å². The number of amides is 3. The van der Waals surface area contributed by atoms with Crippen LogP contribution in [0.25, 0.3) is 6.08 Å². The van der Waals surface area contributed by atoms with Gasteiger partial charge in [-0.2, -0.15) is 0 Å². The van der Waals surface area contributed by atoms with E-state index in [2.05, 4.69) is 5.32 Å². The number of hydrogen-bond acceptors (Lipinski definition) is 5. The SMILES string of the molecule is COc1ccc(/C=C/C(=O)Nc2ccc3c(c2)C(=O)N(CC2CCCO2)C3=O)cc1. The Balaban J connectivity index is 1.42. The third-order valence-electron chi connectivity index (χ3n) is 5.19. The summed E-state index contributed by atoms with van der Waals surface area (Å²) >= 11 is 0. The lowest BCUT2D eigenvalue weighted by molar-refractivity contribution is -0.111. The number of benzene rings is 2. The molecule has 2 aliphatic rings. The maximum atomic E-state index is 12.7. The van der Waals surface area contributed by atoms with Gasteiger partial charge in [0.05, 0.1) is 30.9 Å². The van der Waals surface area contributed by atoms with Gasteiger partial charge in [0.2, 0.25) is 5.91 Å². The van der Waals surface area contributed by atoms with Crippen LogP contribution >= 0.6 is 0 Å². The highest BCUT2D eigenvalue weighted by Crippen LogP contribution is 2.27. The molecule has 30 heavy (non-hydrogen) atoms. The van der Waals surface area contributed by atoms with Crippen LogP contribution in [0.15, 0.2) is 48.5 Å². The number of nitrogens with one attached hydrogen (secondary N) is 1. The second-order valence-electron chi connectivity index (χ2n) is 7.21. The smallest absolute Gasteiger partial charge is 0.261 e. The third kappa shape index (κ3) is 4.11. The van der Waals surface area contributed by atoms with Crippen molar-refractivity contribution in [2.45, 2.75) is 18.9 Å². The first-order valence-corrected chi connectivity index (χ1v) is 9.80. The van der Waals surface area contributed by atoms with Gasteiger partial charge in [0.1, 0.15) is 5.75 Å². The number of imide groups is 1. The van der Waals surface area contributed by atoms with Crippen LogP contribution in [0.3, 0.4) is 0 Å². The number of ether oxygens (including phenoxy) is 2. The zero-order chi connectivity index (χ0) is 21.1. The molecule has 0 aliphatic carbocycles. The summed E-state index contributed by atoms with van der Waals surface area (Å²) in [4.78, 5) is 38.8. The number of hydrogen-bond donors (Lipinski definition) is 1. The molecular weight excluding hydrogens is 384 g/mol. The zero-order valence-electron chi connectivity index (χ0n) is 16.6. The fourth-order valence-electron chi connectivity index (χ4n) is 3.60. The summed E-state index contributed by atoms with van der Waals surface area (Å²) in [5.41, 5.74) is 1.96. The Kier molecular flexibility index (Phi) is 5.63. The van der Waals surface area contributed by atoms with Crippen molar-refractivity contribution in [3.8, 4) is 5.75 Å². The predicted molar refractivity (Wildman–Crippen MR) is 111 cm³/mol. The average Bonchev–Trinajstić information content (AvgIpc) is 3.36. The van der Waals surface area contributed by atoms with Gasteiger partial charge in [0, 0.05) is 18.4 Å². The lowest BCUT2D eigenvalue weighted by Gasteiger charge is -2.17. The largest absolute Gasteiger partial charge is 0.497 e. The molecule has 1 fully saturated rings. The van der Waals surface area contributed by atoms with Crippen LogP contribution in [0, 0.1) is 0 Å². The molecule has 4 rings (SSSR count). The van der Waals surface area contributed by atoms with Crippen LogP contribution in [-0.4, -0.2) is 49.0 Å². The first-order valence-electron chi connectivity index (χ1n) is 9.80. The Bertz CT molecular complexity index is 1010. The van der Waals surface area contributed by atoms with Crippen LogP contribution in [-0.2, 0) is 9.53 Å². The van der Waals surface area contributed by atoms with Gasteiger partial charge in [-0.25, -0.2) is 0 Å². The molecule has 2 aromatic carbocycles. The first-order chi connectivity index (χ1) is 14.5. The molecule has 154 valence electrons. The van der Waals surface area contributed by atoms with E-state index in [0.717, 1.165) is 24.2 Å². The van der Waals surface area contributed by atoms with E-state index in [9.17, 15) is 14.4 Å². The molecule has 0 saturated carbocycles. The Hall–Kier alpha value is -3.45. The van der Waals surface area contributed by atoms with Gasteiger partial charge in [-0.1, -0.05) is 12.1 Å². The van der Waals surface area contributed by atoms with E-state index in [-0.39, 0.29) is 30.4 Å². The summed E-state index contributed by atoms with van der Waals surface area (Å²) < 4.78 is 10.7. The predicted octanol–water partition coefficient (Wildman–Crippen LogP) is 3.12. The summed E-state index contributed by atoms with van der Waals surface area (Å²) in [5.74, 6) is -0.264. The molecule has 1 saturated heterocycles. The Morgan fingerprint density at radius 1 is 1.17 bits per heavy atom. The topological polar surface area (TPSA) is 84.9 Å². The van der Waals surface area contributed by atoms with Gasteiger partial charge in [-0.15, -0.1) is 0 Å². The number of nitrogens with zero attached hydrogens (tertiary/aromatic N) is 1. The molecule has 1 unspecified atom stereocenters. The first kappa shape index (κ1) is 19.8. The normalized spacial score (nSPS) is 18.2. The number of carbonyl (C=O) groups is 3. The summed E-state index contributed by atoms with van der Waals surface area (Å²) in [7, 11) is 1.59. The maximum absolute atomic E-state index is 12.7. The molecule has 0 spiro atoms. The van der Waals surface area contributed by atoms with E-state index >= 15 is 0 Å². The van der Waals surface area contributed by atoms with Crippen molar-refractivity contribution in [1.29, 1.82) is 0 Å². The Morgan fingerprint density at radius 3 is 2.63 bits per heavy atom. The van der Waals surface area contributed by atoms with Gasteiger partial charge in [-0.3, -0.25) is 19.3 Å². The molecule has 1 atom stereocenters. The minimum atomic E-state index is -0.352. The highest BCUT2D eigenvalue weighted by Gasteiger charge is 2.37. The van der Waals surface area contributed by atoms with Crippen molar-refractivity contribution in [3.05, 3.63) is 65.2 Å². The molecule has 7 heteroatoms. The maximum Gasteiger partial charge on any atom is 0.261 e. The summed E-state index contributed by atoms with van der Waals surface area (Å²) in [6.45, 7) is 0.923. The van der Waals surface area contributed by atoms with E-state index in [0.29, 0.717) is 23.4 Å². The van der Waals surface area contributed by atoms with Gasteiger partial charge < -0.3 is 14.8 Å². The molecule has 2 aliphatic heterocycles. The lowest BCUT2D eigenvalue weighted by Crippen LogP contribution is -2.36. The highest BCUT2D eigenvalue weighted by atomic mass is 16.5. The van der Waals surface area contributed by atoms with Gasteiger partial charge in [0.15, 0.2) is 0 Å². The molecular formula is C23H22N2O5. The van der Waals surface area contributed by atoms with Crippen molar-refractivity contribution in [3.63, 3.8) is 0 Å². The number of methoxy groups -OCH3 is 1.